The molecule has 2 nitrogen and oxygen atoms in total. The van der Waals surface area contributed by atoms with Crippen molar-refractivity contribution in [2.75, 3.05) is 5.73 Å². The molecule has 3 aromatic rings. The van der Waals surface area contributed by atoms with Crippen LogP contribution in [0.1, 0.15) is 21.5 Å². The fraction of sp³-hybridized carbons (Fsp3) is 0.0556. The zero-order chi connectivity index (χ0) is 15.0. The minimum atomic E-state index is -0.513. The minimum absolute atomic E-state index is 0.0151. The Labute approximate surface area is 122 Å². The molecule has 0 spiro atoms. The van der Waals surface area contributed by atoms with Gasteiger partial charge >= 0.3 is 0 Å². The monoisotopic (exact) mass is 279 g/mol. The molecule has 0 unspecified atom stereocenters. The van der Waals surface area contributed by atoms with E-state index in [-0.39, 0.29) is 11.5 Å². The highest BCUT2D eigenvalue weighted by Crippen LogP contribution is 2.25. The largest absolute Gasteiger partial charge is 0.396 e. The minimum Gasteiger partial charge on any atom is -0.396 e. The summed E-state index contributed by atoms with van der Waals surface area (Å²) in [6, 6.07) is 15.7. The van der Waals surface area contributed by atoms with Crippen molar-refractivity contribution in [2.24, 2.45) is 0 Å². The first kappa shape index (κ1) is 13.3. The van der Waals surface area contributed by atoms with Gasteiger partial charge in [0.2, 0.25) is 0 Å². The maximum atomic E-state index is 13.3. The summed E-state index contributed by atoms with van der Waals surface area (Å²) in [5, 5.41) is 1.90. The maximum absolute atomic E-state index is 13.3. The van der Waals surface area contributed by atoms with Crippen molar-refractivity contribution >= 4 is 22.2 Å². The molecule has 0 aliphatic heterocycles. The molecule has 3 rings (SSSR count). The second kappa shape index (κ2) is 5.02. The van der Waals surface area contributed by atoms with Gasteiger partial charge in [-0.1, -0.05) is 36.4 Å². The van der Waals surface area contributed by atoms with E-state index in [0.29, 0.717) is 11.1 Å². The van der Waals surface area contributed by atoms with Gasteiger partial charge in [0.05, 0.1) is 5.69 Å². The molecular formula is C18H14FNO. The Morgan fingerprint density at radius 1 is 1.05 bits per heavy atom. The number of benzene rings is 3. The van der Waals surface area contributed by atoms with E-state index < -0.39 is 5.82 Å². The van der Waals surface area contributed by atoms with Gasteiger partial charge in [-0.3, -0.25) is 4.79 Å². The summed E-state index contributed by atoms with van der Waals surface area (Å²) in [5.41, 5.74) is 7.47. The number of halogens is 1. The molecule has 0 radical (unpaired) electrons. The number of carbonyl (C=O) groups excluding carboxylic acids is 1. The average molecular weight is 279 g/mol. The van der Waals surface area contributed by atoms with Crippen LogP contribution in [0.5, 0.6) is 0 Å². The summed E-state index contributed by atoms with van der Waals surface area (Å²) in [6.07, 6.45) is 0. The number of rotatable bonds is 2. The molecular weight excluding hydrogens is 265 g/mol. The Kier molecular flexibility index (Phi) is 3.18. The summed E-state index contributed by atoms with van der Waals surface area (Å²) < 4.78 is 13.3. The van der Waals surface area contributed by atoms with E-state index in [4.69, 9.17) is 5.73 Å². The molecule has 2 N–H and O–H groups in total. The van der Waals surface area contributed by atoms with Gasteiger partial charge in [0, 0.05) is 11.1 Å². The van der Waals surface area contributed by atoms with Crippen LogP contribution in [0.15, 0.2) is 54.6 Å². The van der Waals surface area contributed by atoms with Gasteiger partial charge in [-0.05, 0) is 41.5 Å². The highest BCUT2D eigenvalue weighted by Gasteiger charge is 2.16. The van der Waals surface area contributed by atoms with Gasteiger partial charge in [-0.2, -0.15) is 0 Å². The van der Waals surface area contributed by atoms with Crippen molar-refractivity contribution in [1.82, 2.24) is 0 Å². The van der Waals surface area contributed by atoms with Crippen molar-refractivity contribution in [3.63, 3.8) is 0 Å². The summed E-state index contributed by atoms with van der Waals surface area (Å²) in [7, 11) is 0. The number of hydrogen-bond acceptors (Lipinski definition) is 2. The third-order valence-corrected chi connectivity index (χ3v) is 3.62. The Morgan fingerprint density at radius 3 is 2.57 bits per heavy atom. The fourth-order valence-corrected chi connectivity index (χ4v) is 2.51. The number of hydrogen-bond donors (Lipinski definition) is 1. The second-order valence-corrected chi connectivity index (χ2v) is 5.04. The summed E-state index contributed by atoms with van der Waals surface area (Å²) in [4.78, 5) is 12.8. The van der Waals surface area contributed by atoms with E-state index in [1.54, 1.807) is 0 Å². The van der Waals surface area contributed by atoms with E-state index in [1.165, 1.54) is 18.2 Å². The van der Waals surface area contributed by atoms with Crippen LogP contribution < -0.4 is 5.73 Å². The third-order valence-electron chi connectivity index (χ3n) is 3.62. The molecule has 0 heterocycles. The lowest BCUT2D eigenvalue weighted by Gasteiger charge is -2.10. The highest BCUT2D eigenvalue weighted by atomic mass is 19.1. The van der Waals surface area contributed by atoms with Crippen LogP contribution in [-0.4, -0.2) is 5.78 Å². The van der Waals surface area contributed by atoms with Crippen LogP contribution in [0.25, 0.3) is 10.8 Å². The van der Waals surface area contributed by atoms with E-state index in [9.17, 15) is 9.18 Å². The van der Waals surface area contributed by atoms with Crippen LogP contribution in [0.2, 0.25) is 0 Å². The topological polar surface area (TPSA) is 43.1 Å². The quantitative estimate of drug-likeness (QED) is 0.567. The molecule has 0 amide bonds. The molecule has 0 saturated heterocycles. The van der Waals surface area contributed by atoms with Gasteiger partial charge in [0.15, 0.2) is 5.78 Å². The van der Waals surface area contributed by atoms with Crippen molar-refractivity contribution in [3.8, 4) is 0 Å². The van der Waals surface area contributed by atoms with Crippen LogP contribution >= 0.6 is 0 Å². The molecule has 0 aliphatic rings. The lowest BCUT2D eigenvalue weighted by molar-refractivity contribution is 0.103. The molecule has 0 atom stereocenters. The zero-order valence-corrected chi connectivity index (χ0v) is 11.6. The molecule has 21 heavy (non-hydrogen) atoms. The van der Waals surface area contributed by atoms with Gasteiger partial charge < -0.3 is 5.73 Å². The Balaban J connectivity index is 2.21. The molecule has 0 fully saturated rings. The molecule has 104 valence electrons. The average Bonchev–Trinajstić information content (AvgIpc) is 2.49. The number of nitrogen functional groups attached to an aromatic ring is 1. The first-order chi connectivity index (χ1) is 10.1. The number of nitrogens with two attached hydrogens (primary N) is 1. The van der Waals surface area contributed by atoms with E-state index >= 15 is 0 Å². The van der Waals surface area contributed by atoms with Gasteiger partial charge in [0.25, 0.3) is 0 Å². The van der Waals surface area contributed by atoms with E-state index in [1.807, 2.05) is 43.3 Å². The first-order valence-electron chi connectivity index (χ1n) is 6.66. The predicted octanol–water partition coefficient (Wildman–Crippen LogP) is 4.10. The number of aryl methyl sites for hydroxylation is 1. The van der Waals surface area contributed by atoms with Gasteiger partial charge in [0.1, 0.15) is 5.82 Å². The highest BCUT2D eigenvalue weighted by molar-refractivity contribution is 6.17. The predicted molar refractivity (Wildman–Crippen MR) is 82.9 cm³/mol. The van der Waals surface area contributed by atoms with E-state index in [0.717, 1.165) is 16.3 Å². The van der Waals surface area contributed by atoms with Crippen LogP contribution in [0.4, 0.5) is 10.1 Å². The molecule has 3 aromatic carbocycles. The molecule has 3 heteroatoms. The lowest BCUT2D eigenvalue weighted by Crippen LogP contribution is -2.06. The van der Waals surface area contributed by atoms with Crippen molar-refractivity contribution in [3.05, 3.63) is 77.1 Å². The summed E-state index contributed by atoms with van der Waals surface area (Å²) in [6.45, 7) is 1.90. The molecule has 0 saturated carbocycles. The maximum Gasteiger partial charge on any atom is 0.193 e. The zero-order valence-electron chi connectivity index (χ0n) is 11.6. The van der Waals surface area contributed by atoms with Gasteiger partial charge in [-0.15, -0.1) is 0 Å². The van der Waals surface area contributed by atoms with Crippen molar-refractivity contribution < 1.29 is 9.18 Å². The molecule has 0 bridgehead atoms. The summed E-state index contributed by atoms with van der Waals surface area (Å²) in [5.74, 6) is -0.655. The standard InChI is InChI=1S/C18H14FNO/c1-11-6-7-12-4-2-3-5-14(12)17(11)18(21)13-8-9-15(19)16(20)10-13/h2-10H,20H2,1H3. The van der Waals surface area contributed by atoms with Gasteiger partial charge in [-0.25, -0.2) is 4.39 Å². The fourth-order valence-electron chi connectivity index (χ4n) is 2.51. The number of fused-ring (bicyclic) bond motifs is 1. The Bertz CT molecular complexity index is 855. The van der Waals surface area contributed by atoms with E-state index in [2.05, 4.69) is 0 Å². The third kappa shape index (κ3) is 2.27. The smallest absolute Gasteiger partial charge is 0.193 e. The number of anilines is 1. The number of carbonyl (C=O) groups is 1. The lowest BCUT2D eigenvalue weighted by atomic mass is 9.93. The Morgan fingerprint density at radius 2 is 1.81 bits per heavy atom. The Hall–Kier alpha value is -2.68. The SMILES string of the molecule is Cc1ccc2ccccc2c1C(=O)c1ccc(F)c(N)c1. The van der Waals surface area contributed by atoms with Crippen LogP contribution in [0.3, 0.4) is 0 Å². The molecule has 0 aliphatic carbocycles. The summed E-state index contributed by atoms with van der Waals surface area (Å²) >= 11 is 0. The second-order valence-electron chi connectivity index (χ2n) is 5.04. The van der Waals surface area contributed by atoms with Crippen LogP contribution in [0, 0.1) is 12.7 Å². The number of ketones is 1. The van der Waals surface area contributed by atoms with Crippen molar-refractivity contribution in [1.29, 1.82) is 0 Å². The van der Waals surface area contributed by atoms with Crippen LogP contribution in [-0.2, 0) is 0 Å². The van der Waals surface area contributed by atoms with Crippen molar-refractivity contribution in [2.45, 2.75) is 6.92 Å². The molecule has 0 aromatic heterocycles. The normalized spacial score (nSPS) is 10.8. The first-order valence-corrected chi connectivity index (χ1v) is 6.66.